The third-order valence-electron chi connectivity index (χ3n) is 8.19. The van der Waals surface area contributed by atoms with Gasteiger partial charge in [-0.1, -0.05) is 35.3 Å². The van der Waals surface area contributed by atoms with Crippen LogP contribution in [0.2, 0.25) is 0 Å². The third-order valence-corrected chi connectivity index (χ3v) is 9.88. The van der Waals surface area contributed by atoms with Crippen molar-refractivity contribution in [3.63, 3.8) is 0 Å². The maximum Gasteiger partial charge on any atom is 0.337 e. The molecule has 0 saturated carbocycles. The molecule has 0 aliphatic carbocycles. The number of ketones is 1. The molecule has 0 aliphatic rings. The highest BCUT2D eigenvalue weighted by Gasteiger charge is 2.11. The number of methoxy groups -OCH3 is 4. The van der Waals surface area contributed by atoms with Gasteiger partial charge in [0.25, 0.3) is 0 Å². The van der Waals surface area contributed by atoms with Gasteiger partial charge in [-0.2, -0.15) is 0 Å². The number of nitrogens with zero attached hydrogens (tertiary/aromatic N) is 6. The van der Waals surface area contributed by atoms with Crippen molar-refractivity contribution in [2.75, 3.05) is 47.2 Å². The molecule has 0 fully saturated rings. The van der Waals surface area contributed by atoms with Gasteiger partial charge in [-0.25, -0.2) is 34.7 Å². The van der Waals surface area contributed by atoms with Crippen molar-refractivity contribution in [2.24, 2.45) is 0 Å². The van der Waals surface area contributed by atoms with Crippen LogP contribution in [0.5, 0.6) is 17.2 Å². The van der Waals surface area contributed by atoms with Crippen molar-refractivity contribution in [2.45, 2.75) is 49.6 Å². The maximum absolute atomic E-state index is 12.3. The summed E-state index contributed by atoms with van der Waals surface area (Å²) in [5.74, 6) is 1.91. The monoisotopic (exact) mass is 896 g/mol. The largest absolute Gasteiger partial charge is 0.507 e. The Morgan fingerprint density at radius 3 is 1.53 bits per heavy atom. The van der Waals surface area contributed by atoms with E-state index in [0.29, 0.717) is 49.9 Å². The highest BCUT2D eigenvalue weighted by atomic mass is 32.2. The Kier molecular flexibility index (Phi) is 21.4. The molecule has 3 aromatic carbocycles. The summed E-state index contributed by atoms with van der Waals surface area (Å²) in [7, 11) is 6.12. The first-order valence-electron chi connectivity index (χ1n) is 18.8. The maximum atomic E-state index is 12.3. The van der Waals surface area contributed by atoms with Crippen LogP contribution < -0.4 is 14.2 Å². The van der Waals surface area contributed by atoms with Crippen LogP contribution in [0.4, 0.5) is 0 Å². The number of thioether (sulfide) groups is 3. The molecule has 0 saturated heterocycles. The zero-order valence-corrected chi connectivity index (χ0v) is 39.2. The van der Waals surface area contributed by atoms with E-state index in [2.05, 4.69) is 34.6 Å². The molecule has 326 valence electrons. The van der Waals surface area contributed by atoms with E-state index >= 15 is 0 Å². The van der Waals surface area contributed by atoms with Crippen LogP contribution in [-0.4, -0.2) is 94.0 Å². The van der Waals surface area contributed by atoms with E-state index in [9.17, 15) is 14.7 Å². The second kappa shape index (κ2) is 26.4. The summed E-state index contributed by atoms with van der Waals surface area (Å²) in [5.41, 5.74) is 7.27. The summed E-state index contributed by atoms with van der Waals surface area (Å²) in [6.45, 7) is 7.75. The predicted octanol–water partition coefficient (Wildman–Crippen LogP) is 9.81. The number of rotatable bonds is 12. The first-order chi connectivity index (χ1) is 29.7. The van der Waals surface area contributed by atoms with E-state index in [0.717, 1.165) is 33.2 Å². The first kappa shape index (κ1) is 50.4. The topological polar surface area (TPSA) is 169 Å². The zero-order valence-electron chi connectivity index (χ0n) is 36.7. The van der Waals surface area contributed by atoms with Crippen LogP contribution in [0.15, 0.2) is 107 Å². The number of benzene rings is 3. The lowest BCUT2D eigenvalue weighted by Crippen LogP contribution is -2.06. The van der Waals surface area contributed by atoms with Crippen molar-refractivity contribution in [1.29, 1.82) is 0 Å². The molecular weight excluding hydrogens is 845 g/mol. The van der Waals surface area contributed by atoms with Gasteiger partial charge in [0.05, 0.1) is 51.8 Å². The normalized spacial score (nSPS) is 10.4. The Labute approximate surface area is 376 Å². The molecule has 16 heteroatoms. The SMILES string of the molecule is COC(=O)c1cc(C)cc(OC)c1.COc1cc(C)cc(/C(O)=C\c2ccnc(SC)n2)c1.COc1cc(C)cc(C(=O)Cc2ccnc(SC)n2)c1.CSc1nccc(C)n1. The molecule has 6 aromatic rings. The number of ether oxygens (including phenoxy) is 4. The van der Waals surface area contributed by atoms with Gasteiger partial charge in [0, 0.05) is 41.5 Å². The number of aliphatic hydroxyl groups is 1. The average Bonchev–Trinajstić information content (AvgIpc) is 3.28. The summed E-state index contributed by atoms with van der Waals surface area (Å²) in [4.78, 5) is 48.4. The van der Waals surface area contributed by atoms with Gasteiger partial charge >= 0.3 is 5.97 Å². The fourth-order valence-corrected chi connectivity index (χ4v) is 6.40. The summed E-state index contributed by atoms with van der Waals surface area (Å²) < 4.78 is 20.0. The van der Waals surface area contributed by atoms with Crippen molar-refractivity contribution in [3.05, 3.63) is 142 Å². The lowest BCUT2D eigenvalue weighted by Gasteiger charge is -2.06. The number of carbonyl (C=O) groups is 2. The number of hydrogen-bond donors (Lipinski definition) is 1. The number of aliphatic hydroxyl groups excluding tert-OH is 1. The third kappa shape index (κ3) is 17.2. The molecule has 0 atom stereocenters. The molecule has 13 nitrogen and oxygen atoms in total. The molecule has 3 heterocycles. The van der Waals surface area contributed by atoms with E-state index in [1.165, 1.54) is 30.6 Å². The van der Waals surface area contributed by atoms with Crippen LogP contribution in [0.1, 0.15) is 60.1 Å². The minimum Gasteiger partial charge on any atom is -0.507 e. The molecule has 0 bridgehead atoms. The van der Waals surface area contributed by atoms with Gasteiger partial charge in [-0.3, -0.25) is 4.79 Å². The van der Waals surface area contributed by atoms with Gasteiger partial charge in [0.15, 0.2) is 21.3 Å². The number of Topliss-reactive ketones (excluding diaryl/α,β-unsaturated/α-hetero) is 1. The molecule has 0 aliphatic heterocycles. The predicted molar refractivity (Wildman–Crippen MR) is 249 cm³/mol. The van der Waals surface area contributed by atoms with E-state index in [1.54, 1.807) is 94.2 Å². The van der Waals surface area contributed by atoms with Crippen molar-refractivity contribution >= 4 is 58.9 Å². The Morgan fingerprint density at radius 2 is 1.03 bits per heavy atom. The summed E-state index contributed by atoms with van der Waals surface area (Å²) in [6.07, 6.45) is 12.8. The number of hydrogen-bond acceptors (Lipinski definition) is 16. The van der Waals surface area contributed by atoms with Crippen LogP contribution in [0.25, 0.3) is 11.8 Å². The number of aryl methyl sites for hydroxylation is 4. The van der Waals surface area contributed by atoms with E-state index in [1.807, 2.05) is 82.9 Å². The van der Waals surface area contributed by atoms with Crippen LogP contribution in [0, 0.1) is 27.7 Å². The van der Waals surface area contributed by atoms with Gasteiger partial charge < -0.3 is 24.1 Å². The smallest absolute Gasteiger partial charge is 0.337 e. The average molecular weight is 897 g/mol. The lowest BCUT2D eigenvalue weighted by molar-refractivity contribution is 0.0600. The summed E-state index contributed by atoms with van der Waals surface area (Å²) >= 11 is 4.48. The number of carbonyl (C=O) groups excluding carboxylic acids is 2. The van der Waals surface area contributed by atoms with Gasteiger partial charge in [0.2, 0.25) is 0 Å². The molecule has 0 radical (unpaired) electrons. The van der Waals surface area contributed by atoms with Crippen LogP contribution in [0.3, 0.4) is 0 Å². The second-order valence-corrected chi connectivity index (χ2v) is 15.3. The number of esters is 1. The summed E-state index contributed by atoms with van der Waals surface area (Å²) in [5, 5.41) is 12.4. The van der Waals surface area contributed by atoms with Crippen molar-refractivity contribution in [1.82, 2.24) is 29.9 Å². The van der Waals surface area contributed by atoms with E-state index in [-0.39, 0.29) is 23.9 Å². The van der Waals surface area contributed by atoms with Gasteiger partial charge in [0.1, 0.15) is 23.0 Å². The lowest BCUT2D eigenvalue weighted by atomic mass is 10.0. The Bertz CT molecular complexity index is 2430. The van der Waals surface area contributed by atoms with E-state index in [4.69, 9.17) is 14.2 Å². The molecule has 0 amide bonds. The highest BCUT2D eigenvalue weighted by Crippen LogP contribution is 2.23. The standard InChI is InChI=1S/2C15H16N2O2S.C10H12O3.C6H8N2S/c2*1-10-6-11(8-13(7-10)19-2)14(18)9-12-4-5-16-15(17-12)20-3;1-7-4-8(10(11)13-3)6-9(5-7)12-2;1-5-3-4-7-6(8-5)9-2/h4-8H,9H2,1-3H3;4-9,18H,1-3H3;4-6H,1-3H3;3-4H,1-2H3/b;14-9+;;. The summed E-state index contributed by atoms with van der Waals surface area (Å²) in [6, 6.07) is 21.8. The van der Waals surface area contributed by atoms with Crippen LogP contribution in [-0.2, 0) is 11.2 Å². The number of aromatic nitrogens is 6. The fraction of sp³-hybridized carbons (Fsp3) is 0.261. The van der Waals surface area contributed by atoms with Crippen LogP contribution >= 0.6 is 35.3 Å². The van der Waals surface area contributed by atoms with Crippen molar-refractivity contribution < 1.29 is 33.6 Å². The second-order valence-electron chi connectivity index (χ2n) is 13.0. The zero-order chi connectivity index (χ0) is 45.6. The minimum atomic E-state index is -0.345. The molecule has 0 spiro atoms. The fourth-order valence-electron chi connectivity index (χ4n) is 5.26. The van der Waals surface area contributed by atoms with Gasteiger partial charge in [-0.05, 0) is 136 Å². The molecule has 1 N–H and O–H groups in total. The minimum absolute atomic E-state index is 0.0257. The van der Waals surface area contributed by atoms with E-state index < -0.39 is 0 Å². The molecular formula is C46H52N6O7S3. The molecule has 62 heavy (non-hydrogen) atoms. The quantitative estimate of drug-likeness (QED) is 0.0405. The highest BCUT2D eigenvalue weighted by molar-refractivity contribution is 7.98. The Morgan fingerprint density at radius 1 is 0.581 bits per heavy atom. The Balaban J connectivity index is 0.000000230. The molecule has 3 aromatic heterocycles. The molecule has 6 rings (SSSR count). The van der Waals surface area contributed by atoms with Gasteiger partial charge in [-0.15, -0.1) is 0 Å². The van der Waals surface area contributed by atoms with Crippen molar-refractivity contribution in [3.8, 4) is 17.2 Å². The first-order valence-corrected chi connectivity index (χ1v) is 22.5. The molecule has 0 unspecified atom stereocenters. The Hall–Kier alpha value is -5.97.